The van der Waals surface area contributed by atoms with Crippen molar-refractivity contribution in [1.29, 1.82) is 0 Å². The molecule has 20 heavy (non-hydrogen) atoms. The van der Waals surface area contributed by atoms with Crippen molar-refractivity contribution in [2.75, 3.05) is 6.61 Å². The average molecular weight is 269 g/mol. The number of hydrogen-bond donors (Lipinski definition) is 1. The molecule has 0 aliphatic rings. The van der Waals surface area contributed by atoms with Gasteiger partial charge in [-0.2, -0.15) is 0 Å². The standard InChI is InChI=1S/C17H19NO2/c1-3-20-16-11-13(2)9-10-15(16)12-18-17(19)14-7-5-4-6-8-14/h4-11H,3,12H2,1-2H3,(H,18,19). The third kappa shape index (κ3) is 3.60. The molecule has 2 aromatic carbocycles. The lowest BCUT2D eigenvalue weighted by Crippen LogP contribution is -2.23. The fraction of sp³-hybridized carbons (Fsp3) is 0.235. The van der Waals surface area contributed by atoms with Crippen LogP contribution in [0.4, 0.5) is 0 Å². The first-order chi connectivity index (χ1) is 9.70. The molecule has 0 unspecified atom stereocenters. The Hall–Kier alpha value is -2.29. The van der Waals surface area contributed by atoms with Gasteiger partial charge < -0.3 is 10.1 Å². The van der Waals surface area contributed by atoms with Gasteiger partial charge in [-0.15, -0.1) is 0 Å². The minimum absolute atomic E-state index is 0.0753. The summed E-state index contributed by atoms with van der Waals surface area (Å²) in [5, 5.41) is 2.91. The predicted molar refractivity (Wildman–Crippen MR) is 80.0 cm³/mol. The molecule has 0 spiro atoms. The second-order valence-electron chi connectivity index (χ2n) is 4.59. The fourth-order valence-electron chi connectivity index (χ4n) is 1.96. The lowest BCUT2D eigenvalue weighted by Gasteiger charge is -2.12. The van der Waals surface area contributed by atoms with Gasteiger partial charge in [0.1, 0.15) is 5.75 Å². The van der Waals surface area contributed by atoms with Crippen molar-refractivity contribution in [3.8, 4) is 5.75 Å². The van der Waals surface area contributed by atoms with E-state index in [4.69, 9.17) is 4.74 Å². The van der Waals surface area contributed by atoms with Crippen LogP contribution in [-0.4, -0.2) is 12.5 Å². The molecule has 104 valence electrons. The topological polar surface area (TPSA) is 38.3 Å². The number of ether oxygens (including phenoxy) is 1. The van der Waals surface area contributed by atoms with E-state index >= 15 is 0 Å². The van der Waals surface area contributed by atoms with E-state index in [-0.39, 0.29) is 5.91 Å². The molecular weight excluding hydrogens is 250 g/mol. The minimum atomic E-state index is -0.0753. The van der Waals surface area contributed by atoms with Gasteiger partial charge >= 0.3 is 0 Å². The lowest BCUT2D eigenvalue weighted by atomic mass is 10.1. The number of aryl methyl sites for hydroxylation is 1. The zero-order chi connectivity index (χ0) is 14.4. The van der Waals surface area contributed by atoms with E-state index in [1.165, 1.54) is 0 Å². The van der Waals surface area contributed by atoms with Crippen LogP contribution in [0.2, 0.25) is 0 Å². The molecule has 0 heterocycles. The molecule has 3 heteroatoms. The van der Waals surface area contributed by atoms with Gasteiger partial charge in [-0.25, -0.2) is 0 Å². The summed E-state index contributed by atoms with van der Waals surface area (Å²) in [6, 6.07) is 15.2. The maximum Gasteiger partial charge on any atom is 0.251 e. The molecular formula is C17H19NO2. The monoisotopic (exact) mass is 269 g/mol. The summed E-state index contributed by atoms with van der Waals surface area (Å²) >= 11 is 0. The number of amides is 1. The Morgan fingerprint density at radius 3 is 2.60 bits per heavy atom. The summed E-state index contributed by atoms with van der Waals surface area (Å²) in [5.74, 6) is 0.759. The lowest BCUT2D eigenvalue weighted by molar-refractivity contribution is 0.0950. The Kier molecular flexibility index (Phi) is 4.77. The van der Waals surface area contributed by atoms with E-state index < -0.39 is 0 Å². The number of hydrogen-bond acceptors (Lipinski definition) is 2. The van der Waals surface area contributed by atoms with Crippen molar-refractivity contribution in [2.45, 2.75) is 20.4 Å². The van der Waals surface area contributed by atoms with Gasteiger partial charge in [-0.3, -0.25) is 4.79 Å². The number of carbonyl (C=O) groups excluding carboxylic acids is 1. The Morgan fingerprint density at radius 1 is 1.15 bits per heavy atom. The van der Waals surface area contributed by atoms with Crippen molar-refractivity contribution in [3.63, 3.8) is 0 Å². The largest absolute Gasteiger partial charge is 0.494 e. The maximum atomic E-state index is 12.0. The van der Waals surface area contributed by atoms with Gasteiger partial charge in [0.2, 0.25) is 0 Å². The molecule has 1 N–H and O–H groups in total. The zero-order valence-corrected chi connectivity index (χ0v) is 11.8. The highest BCUT2D eigenvalue weighted by Gasteiger charge is 2.07. The molecule has 3 nitrogen and oxygen atoms in total. The molecule has 2 rings (SSSR count). The Balaban J connectivity index is 2.05. The van der Waals surface area contributed by atoms with Crippen molar-refractivity contribution >= 4 is 5.91 Å². The third-order valence-corrected chi connectivity index (χ3v) is 3.00. The average Bonchev–Trinajstić information content (AvgIpc) is 2.47. The van der Waals surface area contributed by atoms with Crippen LogP contribution in [0.1, 0.15) is 28.4 Å². The summed E-state index contributed by atoms with van der Waals surface area (Å²) in [5.41, 5.74) is 2.80. The van der Waals surface area contributed by atoms with E-state index in [1.54, 1.807) is 12.1 Å². The van der Waals surface area contributed by atoms with Gasteiger partial charge in [0, 0.05) is 17.7 Å². The highest BCUT2D eigenvalue weighted by molar-refractivity contribution is 5.94. The van der Waals surface area contributed by atoms with E-state index in [0.717, 1.165) is 16.9 Å². The minimum Gasteiger partial charge on any atom is -0.494 e. The van der Waals surface area contributed by atoms with Gasteiger partial charge in [-0.05, 0) is 37.6 Å². The molecule has 0 saturated carbocycles. The molecule has 0 atom stereocenters. The van der Waals surface area contributed by atoms with Crippen molar-refractivity contribution in [1.82, 2.24) is 5.32 Å². The Labute approximate surface area is 119 Å². The smallest absolute Gasteiger partial charge is 0.251 e. The quantitative estimate of drug-likeness (QED) is 0.904. The van der Waals surface area contributed by atoms with Crippen molar-refractivity contribution < 1.29 is 9.53 Å². The third-order valence-electron chi connectivity index (χ3n) is 3.00. The Bertz CT molecular complexity index is 579. The normalized spacial score (nSPS) is 10.1. The summed E-state index contributed by atoms with van der Waals surface area (Å²) < 4.78 is 5.60. The second-order valence-corrected chi connectivity index (χ2v) is 4.59. The number of benzene rings is 2. The highest BCUT2D eigenvalue weighted by Crippen LogP contribution is 2.20. The van der Waals surface area contributed by atoms with Gasteiger partial charge in [-0.1, -0.05) is 30.3 Å². The van der Waals surface area contributed by atoms with Gasteiger partial charge in [0.05, 0.1) is 6.61 Å². The van der Waals surface area contributed by atoms with E-state index in [9.17, 15) is 4.79 Å². The SMILES string of the molecule is CCOc1cc(C)ccc1CNC(=O)c1ccccc1. The van der Waals surface area contributed by atoms with Crippen LogP contribution in [0.5, 0.6) is 5.75 Å². The van der Waals surface area contributed by atoms with Crippen LogP contribution >= 0.6 is 0 Å². The first-order valence-electron chi connectivity index (χ1n) is 6.76. The van der Waals surface area contributed by atoms with Gasteiger partial charge in [0.15, 0.2) is 0 Å². The maximum absolute atomic E-state index is 12.0. The van der Waals surface area contributed by atoms with Crippen LogP contribution in [0.3, 0.4) is 0 Å². The fourth-order valence-corrected chi connectivity index (χ4v) is 1.96. The molecule has 0 saturated heterocycles. The van der Waals surface area contributed by atoms with E-state index in [0.29, 0.717) is 18.7 Å². The van der Waals surface area contributed by atoms with Crippen LogP contribution in [0.25, 0.3) is 0 Å². The summed E-state index contributed by atoms with van der Waals surface area (Å²) in [7, 11) is 0. The van der Waals surface area contributed by atoms with Crippen LogP contribution in [0, 0.1) is 6.92 Å². The molecule has 0 radical (unpaired) electrons. The molecule has 0 aliphatic carbocycles. The van der Waals surface area contributed by atoms with Crippen LogP contribution in [-0.2, 0) is 6.54 Å². The second kappa shape index (κ2) is 6.75. The number of carbonyl (C=O) groups is 1. The van der Waals surface area contributed by atoms with Crippen molar-refractivity contribution in [2.24, 2.45) is 0 Å². The molecule has 0 fully saturated rings. The summed E-state index contributed by atoms with van der Waals surface area (Å²) in [6.07, 6.45) is 0. The first-order valence-corrected chi connectivity index (χ1v) is 6.76. The number of rotatable bonds is 5. The zero-order valence-electron chi connectivity index (χ0n) is 11.8. The summed E-state index contributed by atoms with van der Waals surface area (Å²) in [6.45, 7) is 5.05. The molecule has 0 bridgehead atoms. The first kappa shape index (κ1) is 14.1. The molecule has 0 aliphatic heterocycles. The van der Waals surface area contributed by atoms with Gasteiger partial charge in [0.25, 0.3) is 5.91 Å². The van der Waals surface area contributed by atoms with Crippen LogP contribution < -0.4 is 10.1 Å². The van der Waals surface area contributed by atoms with Crippen molar-refractivity contribution in [3.05, 3.63) is 65.2 Å². The molecule has 1 amide bonds. The highest BCUT2D eigenvalue weighted by atomic mass is 16.5. The molecule has 0 aromatic heterocycles. The van der Waals surface area contributed by atoms with E-state index in [1.807, 2.05) is 50.2 Å². The van der Waals surface area contributed by atoms with Crippen LogP contribution in [0.15, 0.2) is 48.5 Å². The predicted octanol–water partition coefficient (Wildman–Crippen LogP) is 3.32. The molecule has 2 aromatic rings. The number of nitrogens with one attached hydrogen (secondary N) is 1. The summed E-state index contributed by atoms with van der Waals surface area (Å²) in [4.78, 5) is 12.0. The Morgan fingerprint density at radius 2 is 1.90 bits per heavy atom. The van der Waals surface area contributed by atoms with E-state index in [2.05, 4.69) is 5.32 Å².